The first kappa shape index (κ1) is 34.8. The molecule has 0 fully saturated rings. The number of carbonyl (C=O) groups excluding carboxylic acids is 2. The van der Waals surface area contributed by atoms with Gasteiger partial charge in [-0.1, -0.05) is 96.4 Å². The molecule has 4 aromatic rings. The summed E-state index contributed by atoms with van der Waals surface area (Å²) in [6.07, 6.45) is 0.898. The van der Waals surface area contributed by atoms with Crippen LogP contribution in [0.2, 0.25) is 10.0 Å². The number of sulfonamides is 1. The zero-order chi connectivity index (χ0) is 33.3. The molecule has 0 aliphatic carbocycles. The van der Waals surface area contributed by atoms with Gasteiger partial charge in [-0.2, -0.15) is 0 Å². The van der Waals surface area contributed by atoms with Gasteiger partial charge in [0.2, 0.25) is 11.8 Å². The van der Waals surface area contributed by atoms with Gasteiger partial charge >= 0.3 is 0 Å². The minimum absolute atomic E-state index is 0.00276. The third kappa shape index (κ3) is 8.60. The fraction of sp³-hybridized carbons (Fsp3) is 0.257. The lowest BCUT2D eigenvalue weighted by molar-refractivity contribution is -0.140. The molecule has 0 unspecified atom stereocenters. The number of nitrogens with one attached hydrogen (secondary N) is 1. The number of anilines is 1. The van der Waals surface area contributed by atoms with Crippen LogP contribution in [-0.4, -0.2) is 51.4 Å². The molecule has 4 aromatic carbocycles. The predicted octanol–water partition coefficient (Wildman–Crippen LogP) is 6.67. The number of amides is 2. The standard InChI is InChI=1S/C35H37Cl2N3O5S/c1-4-20-38-35(42)32(21-26-10-6-5-7-11-26)39(23-27-12-8-9-13-30(27)36)34(41)24-40(28-16-19-33(45-3)31(37)22-28)46(43,44)29-17-14-25(2)15-18-29/h5-19,22,32H,4,20-21,23-24H2,1-3H3,(H,38,42)/t32-/m1/s1. The van der Waals surface area contributed by atoms with Gasteiger partial charge in [-0.05, 0) is 60.9 Å². The third-order valence-corrected chi connectivity index (χ3v) is 9.88. The smallest absolute Gasteiger partial charge is 0.264 e. The highest BCUT2D eigenvalue weighted by molar-refractivity contribution is 7.92. The molecule has 1 atom stereocenters. The highest BCUT2D eigenvalue weighted by atomic mass is 35.5. The fourth-order valence-electron chi connectivity index (χ4n) is 4.91. The van der Waals surface area contributed by atoms with Crippen LogP contribution in [-0.2, 0) is 32.6 Å². The van der Waals surface area contributed by atoms with Crippen molar-refractivity contribution in [3.05, 3.63) is 124 Å². The third-order valence-electron chi connectivity index (χ3n) is 7.43. The number of ether oxygens (including phenoxy) is 1. The molecule has 0 saturated carbocycles. The normalized spacial score (nSPS) is 11.8. The lowest BCUT2D eigenvalue weighted by atomic mass is 10.0. The van der Waals surface area contributed by atoms with Crippen LogP contribution in [0.5, 0.6) is 5.75 Å². The van der Waals surface area contributed by atoms with Crippen LogP contribution in [0.15, 0.2) is 102 Å². The monoisotopic (exact) mass is 681 g/mol. The Balaban J connectivity index is 1.83. The number of halogens is 2. The number of hydrogen-bond acceptors (Lipinski definition) is 5. The van der Waals surface area contributed by atoms with Gasteiger partial charge in [0.25, 0.3) is 10.0 Å². The van der Waals surface area contributed by atoms with Crippen LogP contribution in [0.4, 0.5) is 5.69 Å². The molecule has 0 aliphatic heterocycles. The van der Waals surface area contributed by atoms with Gasteiger partial charge in [-0.15, -0.1) is 0 Å². The lowest BCUT2D eigenvalue weighted by Gasteiger charge is -2.34. The average molecular weight is 683 g/mol. The summed E-state index contributed by atoms with van der Waals surface area (Å²) in [7, 11) is -2.82. The van der Waals surface area contributed by atoms with Gasteiger partial charge < -0.3 is 15.0 Å². The molecular weight excluding hydrogens is 645 g/mol. The Morgan fingerprint density at radius 2 is 1.57 bits per heavy atom. The van der Waals surface area contributed by atoms with Crippen molar-refractivity contribution in [3.63, 3.8) is 0 Å². The number of rotatable bonds is 14. The SMILES string of the molecule is CCCNC(=O)[C@@H](Cc1ccccc1)N(Cc1ccccc1Cl)C(=O)CN(c1ccc(OC)c(Cl)c1)S(=O)(=O)c1ccc(C)cc1. The van der Waals surface area contributed by atoms with Crippen molar-refractivity contribution in [2.45, 2.75) is 44.2 Å². The van der Waals surface area contributed by atoms with Crippen LogP contribution in [0.1, 0.15) is 30.0 Å². The van der Waals surface area contributed by atoms with Gasteiger partial charge in [0.15, 0.2) is 0 Å². The molecule has 0 aliphatic rings. The van der Waals surface area contributed by atoms with Crippen molar-refractivity contribution in [1.29, 1.82) is 0 Å². The maximum Gasteiger partial charge on any atom is 0.264 e. The molecule has 46 heavy (non-hydrogen) atoms. The number of hydrogen-bond donors (Lipinski definition) is 1. The minimum atomic E-state index is -4.28. The van der Waals surface area contributed by atoms with E-state index in [9.17, 15) is 18.0 Å². The van der Waals surface area contributed by atoms with Crippen LogP contribution >= 0.6 is 23.2 Å². The number of aryl methyl sites for hydroxylation is 1. The summed E-state index contributed by atoms with van der Waals surface area (Å²) in [4.78, 5) is 29.7. The van der Waals surface area contributed by atoms with Crippen molar-refractivity contribution in [3.8, 4) is 5.75 Å². The molecule has 0 aromatic heterocycles. The largest absolute Gasteiger partial charge is 0.495 e. The molecule has 2 amide bonds. The van der Waals surface area contributed by atoms with E-state index in [4.69, 9.17) is 27.9 Å². The number of benzene rings is 4. The fourth-order valence-corrected chi connectivity index (χ4v) is 6.76. The Bertz CT molecular complexity index is 1750. The predicted molar refractivity (Wildman–Crippen MR) is 183 cm³/mol. The van der Waals surface area contributed by atoms with Crippen molar-refractivity contribution in [2.75, 3.05) is 24.5 Å². The van der Waals surface area contributed by atoms with Gasteiger partial charge in [0, 0.05) is 24.5 Å². The summed E-state index contributed by atoms with van der Waals surface area (Å²) in [5.74, 6) is -0.609. The van der Waals surface area contributed by atoms with Gasteiger partial charge in [-0.25, -0.2) is 8.42 Å². The Morgan fingerprint density at radius 3 is 2.20 bits per heavy atom. The molecule has 0 saturated heterocycles. The van der Waals surface area contributed by atoms with E-state index in [0.717, 1.165) is 15.4 Å². The van der Waals surface area contributed by atoms with E-state index in [0.29, 0.717) is 29.3 Å². The maximum atomic E-state index is 14.5. The first-order chi connectivity index (χ1) is 22.0. The number of carbonyl (C=O) groups is 2. The number of nitrogens with zero attached hydrogens (tertiary/aromatic N) is 2. The Kier molecular flexibility index (Phi) is 12.1. The molecule has 0 spiro atoms. The molecule has 0 heterocycles. The van der Waals surface area contributed by atoms with Crippen LogP contribution < -0.4 is 14.4 Å². The van der Waals surface area contributed by atoms with E-state index in [1.54, 1.807) is 36.4 Å². The molecule has 11 heteroatoms. The molecule has 1 N–H and O–H groups in total. The summed E-state index contributed by atoms with van der Waals surface area (Å²) in [6, 6.07) is 26.3. The second kappa shape index (κ2) is 16.0. The molecular formula is C35H37Cl2N3O5S. The highest BCUT2D eigenvalue weighted by Gasteiger charge is 2.35. The lowest BCUT2D eigenvalue weighted by Crippen LogP contribution is -2.53. The average Bonchev–Trinajstić information content (AvgIpc) is 3.05. The zero-order valence-electron chi connectivity index (χ0n) is 26.0. The van der Waals surface area contributed by atoms with E-state index in [1.165, 1.54) is 42.3 Å². The second-order valence-corrected chi connectivity index (χ2v) is 13.4. The molecule has 0 bridgehead atoms. The van der Waals surface area contributed by atoms with Crippen LogP contribution in [0.25, 0.3) is 0 Å². The number of methoxy groups -OCH3 is 1. The maximum absolute atomic E-state index is 14.5. The van der Waals surface area contributed by atoms with Crippen molar-refractivity contribution >= 4 is 50.7 Å². The quantitative estimate of drug-likeness (QED) is 0.160. The highest BCUT2D eigenvalue weighted by Crippen LogP contribution is 2.32. The summed E-state index contributed by atoms with van der Waals surface area (Å²) in [6.45, 7) is 3.56. The van der Waals surface area contributed by atoms with E-state index < -0.39 is 28.5 Å². The summed E-state index contributed by atoms with van der Waals surface area (Å²) < 4.78 is 34.7. The second-order valence-electron chi connectivity index (χ2n) is 10.8. The Morgan fingerprint density at radius 1 is 0.891 bits per heavy atom. The minimum Gasteiger partial charge on any atom is -0.495 e. The molecule has 242 valence electrons. The summed E-state index contributed by atoms with van der Waals surface area (Å²) in [5.41, 5.74) is 2.48. The van der Waals surface area contributed by atoms with Gasteiger partial charge in [0.05, 0.1) is 22.7 Å². The van der Waals surface area contributed by atoms with Crippen molar-refractivity contribution in [1.82, 2.24) is 10.2 Å². The summed E-state index contributed by atoms with van der Waals surface area (Å²) in [5, 5.41) is 3.51. The van der Waals surface area contributed by atoms with E-state index in [1.807, 2.05) is 44.2 Å². The Hall–Kier alpha value is -4.05. The van der Waals surface area contributed by atoms with Gasteiger partial charge in [-0.3, -0.25) is 13.9 Å². The topological polar surface area (TPSA) is 96.0 Å². The van der Waals surface area contributed by atoms with Gasteiger partial charge in [0.1, 0.15) is 18.3 Å². The van der Waals surface area contributed by atoms with Crippen molar-refractivity contribution < 1.29 is 22.7 Å². The van der Waals surface area contributed by atoms with Crippen LogP contribution in [0, 0.1) is 6.92 Å². The zero-order valence-corrected chi connectivity index (χ0v) is 28.3. The van der Waals surface area contributed by atoms with Crippen LogP contribution in [0.3, 0.4) is 0 Å². The van der Waals surface area contributed by atoms with E-state index in [-0.39, 0.29) is 34.5 Å². The molecule has 4 rings (SSSR count). The van der Waals surface area contributed by atoms with E-state index >= 15 is 0 Å². The first-order valence-corrected chi connectivity index (χ1v) is 17.0. The molecule has 8 nitrogen and oxygen atoms in total. The van der Waals surface area contributed by atoms with E-state index in [2.05, 4.69) is 5.32 Å². The Labute approximate surface area is 280 Å². The molecule has 0 radical (unpaired) electrons. The summed E-state index contributed by atoms with van der Waals surface area (Å²) >= 11 is 13.0. The first-order valence-electron chi connectivity index (χ1n) is 14.8. The van der Waals surface area contributed by atoms with Crippen molar-refractivity contribution in [2.24, 2.45) is 0 Å².